The van der Waals surface area contributed by atoms with Crippen LogP contribution in [0.1, 0.15) is 33.6 Å². The van der Waals surface area contributed by atoms with Gasteiger partial charge in [-0.25, -0.2) is 4.21 Å². The second-order valence-electron chi connectivity index (χ2n) is 4.53. The van der Waals surface area contributed by atoms with Gasteiger partial charge in [-0.1, -0.05) is 20.8 Å². The molecule has 1 rings (SSSR count). The predicted octanol–water partition coefficient (Wildman–Crippen LogP) is 1.82. The minimum Gasteiger partial charge on any atom is -0.271 e. The fraction of sp³-hybridized carbons (Fsp3) is 0.889. The van der Waals surface area contributed by atoms with Crippen LogP contribution in [-0.2, 0) is 14.5 Å². The van der Waals surface area contributed by atoms with E-state index in [2.05, 4.69) is 4.36 Å². The molecular weight excluding hydrogens is 186 g/mol. The molecule has 0 bridgehead atoms. The molecule has 76 valence electrons. The van der Waals surface area contributed by atoms with Crippen molar-refractivity contribution in [2.24, 2.45) is 9.78 Å². The number of carbonyl (C=O) groups is 1. The van der Waals surface area contributed by atoms with Gasteiger partial charge < -0.3 is 0 Å². The molecule has 13 heavy (non-hydrogen) atoms. The number of hydrogen-bond donors (Lipinski definition) is 0. The van der Waals surface area contributed by atoms with Crippen molar-refractivity contribution in [3.63, 3.8) is 0 Å². The first kappa shape index (κ1) is 10.7. The zero-order valence-electron chi connectivity index (χ0n) is 8.50. The fourth-order valence-corrected chi connectivity index (χ4v) is 3.41. The van der Waals surface area contributed by atoms with Crippen LogP contribution in [0.4, 0.5) is 0 Å². The van der Waals surface area contributed by atoms with E-state index in [-0.39, 0.29) is 5.91 Å². The van der Waals surface area contributed by atoms with Crippen molar-refractivity contribution in [2.45, 2.75) is 33.6 Å². The Kier molecular flexibility index (Phi) is 2.80. The molecule has 0 atom stereocenters. The molecule has 0 radical (unpaired) electrons. The van der Waals surface area contributed by atoms with Crippen LogP contribution in [0.2, 0.25) is 0 Å². The van der Waals surface area contributed by atoms with E-state index in [1.165, 1.54) is 0 Å². The maximum atomic E-state index is 11.9. The Morgan fingerprint density at radius 2 is 1.69 bits per heavy atom. The number of nitrogens with zero attached hydrogens (tertiary/aromatic N) is 1. The van der Waals surface area contributed by atoms with Crippen LogP contribution < -0.4 is 0 Å². The normalized spacial score (nSPS) is 21.5. The van der Waals surface area contributed by atoms with E-state index in [4.69, 9.17) is 0 Å². The Morgan fingerprint density at radius 3 is 2.08 bits per heavy atom. The van der Waals surface area contributed by atoms with Crippen molar-refractivity contribution >= 4 is 15.6 Å². The topological polar surface area (TPSA) is 46.5 Å². The summed E-state index contributed by atoms with van der Waals surface area (Å²) in [6.07, 6.45) is 1.89. The van der Waals surface area contributed by atoms with E-state index in [0.29, 0.717) is 11.5 Å². The summed E-state index contributed by atoms with van der Waals surface area (Å²) in [4.78, 5) is 11.5. The molecule has 0 aromatic rings. The van der Waals surface area contributed by atoms with E-state index >= 15 is 0 Å². The van der Waals surface area contributed by atoms with Gasteiger partial charge >= 0.3 is 0 Å². The zero-order chi connectivity index (χ0) is 10.1. The molecule has 0 N–H and O–H groups in total. The first-order valence-electron chi connectivity index (χ1n) is 4.60. The summed E-state index contributed by atoms with van der Waals surface area (Å²) < 4.78 is 15.7. The highest BCUT2D eigenvalue weighted by Gasteiger charge is 2.25. The fourth-order valence-electron chi connectivity index (χ4n) is 1.14. The molecule has 0 saturated carbocycles. The van der Waals surface area contributed by atoms with Crippen molar-refractivity contribution in [1.29, 1.82) is 0 Å². The van der Waals surface area contributed by atoms with E-state index in [0.717, 1.165) is 12.8 Å². The van der Waals surface area contributed by atoms with Crippen LogP contribution in [0.15, 0.2) is 4.36 Å². The van der Waals surface area contributed by atoms with Crippen LogP contribution in [0.5, 0.6) is 0 Å². The molecule has 1 aliphatic rings. The Balaban J connectivity index is 2.88. The third-order valence-electron chi connectivity index (χ3n) is 2.07. The summed E-state index contributed by atoms with van der Waals surface area (Å²) in [6, 6.07) is 0. The third kappa shape index (κ3) is 2.79. The number of rotatable bonds is 0. The SMILES string of the molecule is CC(C)(C)C(=O)N=S1(=O)CCCC1. The van der Waals surface area contributed by atoms with Gasteiger partial charge in [-0.2, -0.15) is 4.36 Å². The summed E-state index contributed by atoms with van der Waals surface area (Å²) in [6.45, 7) is 5.41. The molecule has 1 amide bonds. The van der Waals surface area contributed by atoms with Crippen LogP contribution in [-0.4, -0.2) is 21.6 Å². The van der Waals surface area contributed by atoms with Crippen molar-refractivity contribution in [1.82, 2.24) is 0 Å². The van der Waals surface area contributed by atoms with E-state index in [1.807, 2.05) is 0 Å². The van der Waals surface area contributed by atoms with Crippen molar-refractivity contribution < 1.29 is 9.00 Å². The molecule has 1 saturated heterocycles. The molecule has 0 unspecified atom stereocenters. The van der Waals surface area contributed by atoms with Crippen molar-refractivity contribution in [3.8, 4) is 0 Å². The average Bonchev–Trinajstić information content (AvgIpc) is 2.33. The van der Waals surface area contributed by atoms with Gasteiger partial charge in [0, 0.05) is 16.9 Å². The quantitative estimate of drug-likeness (QED) is 0.603. The molecule has 3 nitrogen and oxygen atoms in total. The van der Waals surface area contributed by atoms with Gasteiger partial charge in [0.05, 0.1) is 9.73 Å². The molecule has 1 aliphatic heterocycles. The molecule has 0 aliphatic carbocycles. The smallest absolute Gasteiger partial charge is 0.259 e. The predicted molar refractivity (Wildman–Crippen MR) is 54.0 cm³/mol. The van der Waals surface area contributed by atoms with Crippen LogP contribution in [0.25, 0.3) is 0 Å². The standard InChI is InChI=1S/C9H17NO2S/c1-9(2,3)8(11)10-13(12)6-4-5-7-13/h4-7H2,1-3H3. The van der Waals surface area contributed by atoms with Crippen molar-refractivity contribution in [2.75, 3.05) is 11.5 Å². The van der Waals surface area contributed by atoms with Crippen LogP contribution in [0.3, 0.4) is 0 Å². The minimum absolute atomic E-state index is 0.223. The summed E-state index contributed by atoms with van der Waals surface area (Å²) >= 11 is 0. The van der Waals surface area contributed by atoms with E-state index in [1.54, 1.807) is 20.8 Å². The lowest BCUT2D eigenvalue weighted by Gasteiger charge is -2.13. The highest BCUT2D eigenvalue weighted by atomic mass is 32.2. The maximum Gasteiger partial charge on any atom is 0.259 e. The van der Waals surface area contributed by atoms with Gasteiger partial charge in [0.25, 0.3) is 5.91 Å². The first-order chi connectivity index (χ1) is 5.83. The van der Waals surface area contributed by atoms with Crippen LogP contribution >= 0.6 is 0 Å². The monoisotopic (exact) mass is 203 g/mol. The lowest BCUT2D eigenvalue weighted by Crippen LogP contribution is -2.20. The Hall–Kier alpha value is -0.380. The number of carbonyl (C=O) groups excluding carboxylic acids is 1. The second-order valence-corrected chi connectivity index (χ2v) is 7.08. The summed E-state index contributed by atoms with van der Waals surface area (Å²) in [5, 5.41) is 0. The highest BCUT2D eigenvalue weighted by Crippen LogP contribution is 2.20. The summed E-state index contributed by atoms with van der Waals surface area (Å²) in [5.74, 6) is 0.989. The molecule has 1 fully saturated rings. The lowest BCUT2D eigenvalue weighted by atomic mass is 9.96. The van der Waals surface area contributed by atoms with Gasteiger partial charge in [0.15, 0.2) is 0 Å². The largest absolute Gasteiger partial charge is 0.271 e. The van der Waals surface area contributed by atoms with Gasteiger partial charge in [-0.15, -0.1) is 0 Å². The molecule has 1 heterocycles. The Bertz CT molecular complexity index is 307. The van der Waals surface area contributed by atoms with E-state index < -0.39 is 15.1 Å². The van der Waals surface area contributed by atoms with Gasteiger partial charge in [0.1, 0.15) is 0 Å². The first-order valence-corrected chi connectivity index (χ1v) is 6.46. The van der Waals surface area contributed by atoms with Crippen molar-refractivity contribution in [3.05, 3.63) is 0 Å². The Labute approximate surface area is 80.1 Å². The molecule has 0 spiro atoms. The third-order valence-corrected chi connectivity index (χ3v) is 4.42. The van der Waals surface area contributed by atoms with Gasteiger partial charge in [-0.05, 0) is 12.8 Å². The molecule has 4 heteroatoms. The Morgan fingerprint density at radius 1 is 1.23 bits per heavy atom. The van der Waals surface area contributed by atoms with Gasteiger partial charge in [0.2, 0.25) is 0 Å². The average molecular weight is 203 g/mol. The van der Waals surface area contributed by atoms with Gasteiger partial charge in [-0.3, -0.25) is 4.79 Å². The zero-order valence-corrected chi connectivity index (χ0v) is 9.32. The second kappa shape index (κ2) is 3.40. The van der Waals surface area contributed by atoms with Crippen LogP contribution in [0, 0.1) is 5.41 Å². The van der Waals surface area contributed by atoms with E-state index in [9.17, 15) is 9.00 Å². The summed E-state index contributed by atoms with van der Waals surface area (Å²) in [7, 11) is -2.16. The number of hydrogen-bond acceptors (Lipinski definition) is 2. The number of amides is 1. The lowest BCUT2D eigenvalue weighted by molar-refractivity contribution is -0.124. The highest BCUT2D eigenvalue weighted by molar-refractivity contribution is 7.94. The maximum absolute atomic E-state index is 11.9. The molecular formula is C9H17NO2S. The molecule has 0 aromatic carbocycles. The summed E-state index contributed by atoms with van der Waals surface area (Å²) in [5.41, 5.74) is -0.493. The molecule has 0 aromatic heterocycles. The minimum atomic E-state index is -2.16.